The van der Waals surface area contributed by atoms with Gasteiger partial charge < -0.3 is 9.47 Å². The summed E-state index contributed by atoms with van der Waals surface area (Å²) >= 11 is 0. The van der Waals surface area contributed by atoms with Crippen molar-refractivity contribution in [2.24, 2.45) is 17.8 Å². The predicted octanol–water partition coefficient (Wildman–Crippen LogP) is 14.9. The van der Waals surface area contributed by atoms with Crippen molar-refractivity contribution in [2.45, 2.75) is 247 Å². The summed E-state index contributed by atoms with van der Waals surface area (Å²) in [5, 5.41) is 0. The minimum atomic E-state index is -0.756. The van der Waals surface area contributed by atoms with Crippen LogP contribution < -0.4 is 0 Å². The van der Waals surface area contributed by atoms with Crippen LogP contribution in [0.5, 0.6) is 0 Å². The molecule has 0 amide bonds. The van der Waals surface area contributed by atoms with E-state index in [1.165, 1.54) is 167 Å². The Labute approximate surface area is 307 Å². The number of esters is 2. The van der Waals surface area contributed by atoms with Crippen molar-refractivity contribution in [1.29, 1.82) is 0 Å². The van der Waals surface area contributed by atoms with Crippen LogP contribution in [0.25, 0.3) is 0 Å². The van der Waals surface area contributed by atoms with Crippen LogP contribution in [0.3, 0.4) is 0 Å². The zero-order valence-electron chi connectivity index (χ0n) is 34.1. The van der Waals surface area contributed by atoms with Gasteiger partial charge in [-0.3, -0.25) is 9.59 Å². The van der Waals surface area contributed by atoms with Gasteiger partial charge in [-0.15, -0.1) is 0 Å². The molecule has 292 valence electrons. The average molecular weight is 693 g/mol. The van der Waals surface area contributed by atoms with Crippen molar-refractivity contribution in [3.05, 3.63) is 0 Å². The molecule has 0 heterocycles. The number of carbonyl (C=O) groups is 2. The first kappa shape index (κ1) is 47.9. The molecule has 0 bridgehead atoms. The molecular weight excluding hydrogens is 604 g/mol. The molecule has 4 nitrogen and oxygen atoms in total. The molecule has 0 N–H and O–H groups in total. The van der Waals surface area contributed by atoms with Gasteiger partial charge in [0.2, 0.25) is 0 Å². The third-order valence-corrected chi connectivity index (χ3v) is 10.3. The zero-order chi connectivity index (χ0) is 36.0. The summed E-state index contributed by atoms with van der Waals surface area (Å²) in [5.41, 5.74) is 0. The highest BCUT2D eigenvalue weighted by Crippen LogP contribution is 2.19. The summed E-state index contributed by atoms with van der Waals surface area (Å²) in [6, 6.07) is 0. The Morgan fingerprint density at radius 1 is 0.347 bits per heavy atom. The van der Waals surface area contributed by atoms with E-state index in [4.69, 9.17) is 9.47 Å². The van der Waals surface area contributed by atoms with E-state index in [0.29, 0.717) is 19.6 Å². The first-order valence-electron chi connectivity index (χ1n) is 22.2. The van der Waals surface area contributed by atoms with Gasteiger partial charge in [0.25, 0.3) is 0 Å². The van der Waals surface area contributed by atoms with Gasteiger partial charge in [0, 0.05) is 0 Å². The molecule has 0 fully saturated rings. The molecule has 0 aromatic heterocycles. The Bertz CT molecular complexity index is 646. The lowest BCUT2D eigenvalue weighted by Crippen LogP contribution is -2.28. The molecule has 0 saturated carbocycles. The lowest BCUT2D eigenvalue weighted by Gasteiger charge is -2.15. The fraction of sp³-hybridized carbons (Fsp3) is 0.956. The average Bonchev–Trinajstić information content (AvgIpc) is 3.07. The van der Waals surface area contributed by atoms with Crippen LogP contribution in [0.15, 0.2) is 0 Å². The van der Waals surface area contributed by atoms with Crippen LogP contribution in [-0.4, -0.2) is 25.2 Å². The van der Waals surface area contributed by atoms with E-state index in [-0.39, 0.29) is 11.9 Å². The van der Waals surface area contributed by atoms with Crippen LogP contribution >= 0.6 is 0 Å². The van der Waals surface area contributed by atoms with E-state index in [0.717, 1.165) is 50.4 Å². The van der Waals surface area contributed by atoms with Crippen molar-refractivity contribution < 1.29 is 19.1 Å². The normalized spacial score (nSPS) is 11.7. The molecule has 49 heavy (non-hydrogen) atoms. The molecule has 0 unspecified atom stereocenters. The largest absolute Gasteiger partial charge is 0.465 e. The van der Waals surface area contributed by atoms with Crippen LogP contribution in [0.4, 0.5) is 0 Å². The van der Waals surface area contributed by atoms with Crippen molar-refractivity contribution >= 4 is 11.9 Å². The van der Waals surface area contributed by atoms with E-state index in [9.17, 15) is 9.59 Å². The molecule has 0 aromatic carbocycles. The van der Waals surface area contributed by atoms with Gasteiger partial charge in [0.15, 0.2) is 5.92 Å². The maximum absolute atomic E-state index is 13.0. The van der Waals surface area contributed by atoms with Crippen molar-refractivity contribution in [1.82, 2.24) is 0 Å². The topological polar surface area (TPSA) is 52.6 Å². The molecule has 0 spiro atoms. The molecular formula is C45H88O4. The maximum Gasteiger partial charge on any atom is 0.320 e. The highest BCUT2D eigenvalue weighted by Gasteiger charge is 2.29. The fourth-order valence-corrected chi connectivity index (χ4v) is 6.85. The SMILES string of the molecule is CCCCCCCCCCCCCCCCC(C(=O)OCCCCCCCCCCC(C)C)C(=O)OCCCCCCCCCCC(C)C. The van der Waals surface area contributed by atoms with Crippen molar-refractivity contribution in [2.75, 3.05) is 13.2 Å². The highest BCUT2D eigenvalue weighted by molar-refractivity contribution is 5.94. The lowest BCUT2D eigenvalue weighted by molar-refractivity contribution is -0.162. The Kier molecular flexibility index (Phi) is 37.4. The first-order chi connectivity index (χ1) is 23.9. The molecule has 0 aliphatic carbocycles. The summed E-state index contributed by atoms with van der Waals surface area (Å²) in [4.78, 5) is 26.1. The highest BCUT2D eigenvalue weighted by atomic mass is 16.6. The number of hydrogen-bond donors (Lipinski definition) is 0. The molecule has 0 radical (unpaired) electrons. The quantitative estimate of drug-likeness (QED) is 0.0365. The van der Waals surface area contributed by atoms with Gasteiger partial charge in [0.05, 0.1) is 13.2 Å². The summed E-state index contributed by atoms with van der Waals surface area (Å²) in [7, 11) is 0. The number of unbranched alkanes of at least 4 members (excludes halogenated alkanes) is 27. The smallest absolute Gasteiger partial charge is 0.320 e. The van der Waals surface area contributed by atoms with Crippen molar-refractivity contribution in [3.63, 3.8) is 0 Å². The number of ether oxygens (including phenoxy) is 2. The molecule has 0 aliphatic rings. The van der Waals surface area contributed by atoms with Gasteiger partial charge in [-0.2, -0.15) is 0 Å². The Morgan fingerprint density at radius 2 is 0.592 bits per heavy atom. The second-order valence-electron chi connectivity index (χ2n) is 16.3. The molecule has 0 atom stereocenters. The lowest BCUT2D eigenvalue weighted by atomic mass is 9.99. The third kappa shape index (κ3) is 36.5. The minimum Gasteiger partial charge on any atom is -0.465 e. The van der Waals surface area contributed by atoms with E-state index < -0.39 is 5.92 Å². The predicted molar refractivity (Wildman–Crippen MR) is 213 cm³/mol. The van der Waals surface area contributed by atoms with E-state index in [1.807, 2.05) is 0 Å². The summed E-state index contributed by atoms with van der Waals surface area (Å²) in [6.45, 7) is 12.3. The van der Waals surface area contributed by atoms with Gasteiger partial charge in [-0.1, -0.05) is 227 Å². The summed E-state index contributed by atoms with van der Waals surface area (Å²) in [6.07, 6.45) is 41.0. The Hall–Kier alpha value is -1.06. The van der Waals surface area contributed by atoms with Gasteiger partial charge in [-0.25, -0.2) is 0 Å². The third-order valence-electron chi connectivity index (χ3n) is 10.3. The zero-order valence-corrected chi connectivity index (χ0v) is 34.1. The molecule has 0 rings (SSSR count). The fourth-order valence-electron chi connectivity index (χ4n) is 6.85. The number of hydrogen-bond acceptors (Lipinski definition) is 4. The Balaban J connectivity index is 4.24. The minimum absolute atomic E-state index is 0.359. The van der Waals surface area contributed by atoms with E-state index in [1.54, 1.807) is 0 Å². The van der Waals surface area contributed by atoms with Gasteiger partial charge in [0.1, 0.15) is 0 Å². The molecule has 0 aliphatic heterocycles. The van der Waals surface area contributed by atoms with Crippen LogP contribution in [0.1, 0.15) is 247 Å². The molecule has 0 aromatic rings. The Morgan fingerprint density at radius 3 is 0.878 bits per heavy atom. The number of rotatable bonds is 39. The second-order valence-corrected chi connectivity index (χ2v) is 16.3. The van der Waals surface area contributed by atoms with Crippen LogP contribution in [0.2, 0.25) is 0 Å². The van der Waals surface area contributed by atoms with E-state index >= 15 is 0 Å². The van der Waals surface area contributed by atoms with Crippen molar-refractivity contribution in [3.8, 4) is 0 Å². The first-order valence-corrected chi connectivity index (χ1v) is 22.2. The number of carbonyl (C=O) groups excluding carboxylic acids is 2. The van der Waals surface area contributed by atoms with Crippen LogP contribution in [-0.2, 0) is 19.1 Å². The standard InChI is InChI=1S/C45H88O4/c1-6-7-8-9-10-11-12-13-14-15-16-23-28-33-38-43(44(46)48-39-34-29-24-19-17-21-26-31-36-41(2)3)45(47)49-40-35-30-25-20-18-22-27-32-37-42(4)5/h41-43H,6-40H2,1-5H3. The van der Waals surface area contributed by atoms with Gasteiger partial charge >= 0.3 is 11.9 Å². The van der Waals surface area contributed by atoms with E-state index in [2.05, 4.69) is 34.6 Å². The van der Waals surface area contributed by atoms with Gasteiger partial charge in [-0.05, 0) is 31.1 Å². The maximum atomic E-state index is 13.0. The van der Waals surface area contributed by atoms with Crippen LogP contribution in [0, 0.1) is 17.8 Å². The second kappa shape index (κ2) is 38.2. The summed E-state index contributed by atoms with van der Waals surface area (Å²) < 4.78 is 11.3. The summed E-state index contributed by atoms with van der Waals surface area (Å²) in [5.74, 6) is 0.160. The monoisotopic (exact) mass is 693 g/mol. The molecule has 4 heteroatoms. The molecule has 0 saturated heterocycles.